The number of benzene rings is 1. The summed E-state index contributed by atoms with van der Waals surface area (Å²) in [6.07, 6.45) is 3.26. The molecular formula is C19H20N2O3. The Balaban J connectivity index is 1.97. The third-order valence-electron chi connectivity index (χ3n) is 4.84. The van der Waals surface area contributed by atoms with E-state index in [1.807, 2.05) is 34.6 Å². The number of amides is 1. The first-order chi connectivity index (χ1) is 11.7. The lowest BCUT2D eigenvalue weighted by atomic mass is 10.1. The molecule has 2 aromatic heterocycles. The van der Waals surface area contributed by atoms with Gasteiger partial charge < -0.3 is 13.9 Å². The van der Waals surface area contributed by atoms with Crippen LogP contribution in [0.1, 0.15) is 36.7 Å². The van der Waals surface area contributed by atoms with Gasteiger partial charge in [0.15, 0.2) is 0 Å². The van der Waals surface area contributed by atoms with Crippen LogP contribution in [-0.4, -0.2) is 28.5 Å². The molecule has 5 nitrogen and oxygen atoms in total. The molecule has 1 aliphatic heterocycles. The van der Waals surface area contributed by atoms with Gasteiger partial charge in [0.05, 0.1) is 10.9 Å². The van der Waals surface area contributed by atoms with E-state index in [4.69, 9.17) is 4.42 Å². The number of rotatable bonds is 2. The number of aromatic nitrogens is 1. The first kappa shape index (κ1) is 15.0. The number of fused-ring (bicyclic) bond motifs is 3. The molecule has 1 aliphatic rings. The van der Waals surface area contributed by atoms with Gasteiger partial charge in [-0.2, -0.15) is 0 Å². The average molecular weight is 324 g/mol. The van der Waals surface area contributed by atoms with Crippen molar-refractivity contribution in [2.45, 2.75) is 32.7 Å². The summed E-state index contributed by atoms with van der Waals surface area (Å²) in [4.78, 5) is 27.2. The van der Waals surface area contributed by atoms with E-state index in [1.165, 1.54) is 6.42 Å². The van der Waals surface area contributed by atoms with Gasteiger partial charge >= 0.3 is 5.63 Å². The Morgan fingerprint density at radius 2 is 1.88 bits per heavy atom. The molecule has 124 valence electrons. The van der Waals surface area contributed by atoms with Crippen LogP contribution in [0.2, 0.25) is 0 Å². The van der Waals surface area contributed by atoms with Crippen molar-refractivity contribution in [2.24, 2.45) is 0 Å². The van der Waals surface area contributed by atoms with Crippen LogP contribution < -0.4 is 5.63 Å². The smallest absolute Gasteiger partial charge is 0.345 e. The first-order valence-electron chi connectivity index (χ1n) is 8.55. The molecule has 3 aromatic rings. The molecule has 1 aromatic carbocycles. The highest BCUT2D eigenvalue weighted by molar-refractivity contribution is 6.07. The van der Waals surface area contributed by atoms with E-state index >= 15 is 0 Å². The summed E-state index contributed by atoms with van der Waals surface area (Å²) in [5.74, 6) is 0.0104. The molecule has 24 heavy (non-hydrogen) atoms. The normalized spacial score (nSPS) is 15.3. The van der Waals surface area contributed by atoms with E-state index in [1.54, 1.807) is 12.1 Å². The maximum atomic E-state index is 13.0. The van der Waals surface area contributed by atoms with Gasteiger partial charge in [0.2, 0.25) is 0 Å². The largest absolute Gasteiger partial charge is 0.422 e. The number of likely N-dealkylation sites (tertiary alicyclic amines) is 1. The van der Waals surface area contributed by atoms with Gasteiger partial charge in [0.25, 0.3) is 5.91 Å². The van der Waals surface area contributed by atoms with Crippen molar-refractivity contribution in [1.82, 2.24) is 9.47 Å². The minimum absolute atomic E-state index is 0.0104. The van der Waals surface area contributed by atoms with Crippen LogP contribution in [0.5, 0.6) is 0 Å². The van der Waals surface area contributed by atoms with Crippen LogP contribution in [0.15, 0.2) is 39.5 Å². The van der Waals surface area contributed by atoms with E-state index in [0.717, 1.165) is 36.8 Å². The molecule has 1 fully saturated rings. The predicted molar refractivity (Wildman–Crippen MR) is 93.4 cm³/mol. The van der Waals surface area contributed by atoms with Crippen molar-refractivity contribution in [1.29, 1.82) is 0 Å². The fourth-order valence-corrected chi connectivity index (χ4v) is 3.67. The maximum absolute atomic E-state index is 13.0. The van der Waals surface area contributed by atoms with Gasteiger partial charge in [-0.15, -0.1) is 0 Å². The quantitative estimate of drug-likeness (QED) is 0.679. The van der Waals surface area contributed by atoms with Crippen LogP contribution in [0.3, 0.4) is 0 Å². The summed E-state index contributed by atoms with van der Waals surface area (Å²) >= 11 is 0. The van der Waals surface area contributed by atoms with Gasteiger partial charge in [0, 0.05) is 25.0 Å². The standard InChI is InChI=1S/C19H20N2O3/c1-2-21-15(18(22)20-10-6-3-7-11-20)12-14-17(21)13-8-4-5-9-16(13)24-19(14)23/h4-5,8-9,12H,2-3,6-7,10-11H2,1H3. The van der Waals surface area contributed by atoms with Gasteiger partial charge in [-0.3, -0.25) is 4.79 Å². The number of para-hydroxylation sites is 1. The Morgan fingerprint density at radius 1 is 1.12 bits per heavy atom. The number of piperidine rings is 1. The molecule has 0 aliphatic carbocycles. The molecule has 0 unspecified atom stereocenters. The minimum atomic E-state index is -0.386. The van der Waals surface area contributed by atoms with Gasteiger partial charge in [0.1, 0.15) is 11.3 Å². The molecule has 0 spiro atoms. The molecule has 1 saturated heterocycles. The molecule has 0 radical (unpaired) electrons. The second-order valence-electron chi connectivity index (χ2n) is 6.27. The summed E-state index contributed by atoms with van der Waals surface area (Å²) in [5.41, 5.74) is 1.55. The second-order valence-corrected chi connectivity index (χ2v) is 6.27. The third-order valence-corrected chi connectivity index (χ3v) is 4.84. The molecule has 3 heterocycles. The van der Waals surface area contributed by atoms with Crippen molar-refractivity contribution < 1.29 is 9.21 Å². The molecule has 5 heteroatoms. The molecule has 0 saturated carbocycles. The Kier molecular flexibility index (Phi) is 3.63. The Hall–Kier alpha value is -2.56. The summed E-state index contributed by atoms with van der Waals surface area (Å²) in [6.45, 7) is 4.21. The van der Waals surface area contributed by atoms with Crippen LogP contribution in [0, 0.1) is 0 Å². The lowest BCUT2D eigenvalue weighted by molar-refractivity contribution is 0.0714. The van der Waals surface area contributed by atoms with Crippen molar-refractivity contribution in [3.8, 4) is 0 Å². The summed E-state index contributed by atoms with van der Waals surface area (Å²) in [5, 5.41) is 1.35. The molecule has 4 rings (SSSR count). The van der Waals surface area contributed by atoms with E-state index < -0.39 is 0 Å². The Morgan fingerprint density at radius 3 is 2.62 bits per heavy atom. The zero-order valence-corrected chi connectivity index (χ0v) is 13.7. The lowest BCUT2D eigenvalue weighted by Crippen LogP contribution is -2.36. The minimum Gasteiger partial charge on any atom is -0.422 e. The first-order valence-corrected chi connectivity index (χ1v) is 8.55. The van der Waals surface area contributed by atoms with Crippen LogP contribution in [-0.2, 0) is 6.54 Å². The highest BCUT2D eigenvalue weighted by Crippen LogP contribution is 2.27. The van der Waals surface area contributed by atoms with E-state index in [0.29, 0.717) is 23.2 Å². The second kappa shape index (κ2) is 5.82. The highest BCUT2D eigenvalue weighted by atomic mass is 16.4. The number of carbonyl (C=O) groups is 1. The van der Waals surface area contributed by atoms with Crippen molar-refractivity contribution in [3.05, 3.63) is 46.4 Å². The third kappa shape index (κ3) is 2.23. The van der Waals surface area contributed by atoms with Crippen molar-refractivity contribution >= 4 is 27.8 Å². The van der Waals surface area contributed by atoms with Gasteiger partial charge in [-0.05, 0) is 44.4 Å². The summed E-state index contributed by atoms with van der Waals surface area (Å²) < 4.78 is 7.37. The SMILES string of the molecule is CCn1c(C(=O)N2CCCCC2)cc2c(=O)oc3ccccc3c21. The van der Waals surface area contributed by atoms with Crippen molar-refractivity contribution in [3.63, 3.8) is 0 Å². The fraction of sp³-hybridized carbons (Fsp3) is 0.368. The van der Waals surface area contributed by atoms with E-state index in [2.05, 4.69) is 0 Å². The molecule has 0 bridgehead atoms. The van der Waals surface area contributed by atoms with Gasteiger partial charge in [-0.25, -0.2) is 4.79 Å². The molecule has 1 amide bonds. The summed E-state index contributed by atoms with van der Waals surface area (Å²) in [7, 11) is 0. The predicted octanol–water partition coefficient (Wildman–Crippen LogP) is 3.39. The highest BCUT2D eigenvalue weighted by Gasteiger charge is 2.24. The lowest BCUT2D eigenvalue weighted by Gasteiger charge is -2.27. The summed E-state index contributed by atoms with van der Waals surface area (Å²) in [6, 6.07) is 9.18. The number of aryl methyl sites for hydroxylation is 1. The topological polar surface area (TPSA) is 55.5 Å². The van der Waals surface area contributed by atoms with Crippen LogP contribution in [0.4, 0.5) is 0 Å². The molecular weight excluding hydrogens is 304 g/mol. The number of hydrogen-bond donors (Lipinski definition) is 0. The number of hydrogen-bond acceptors (Lipinski definition) is 3. The van der Waals surface area contributed by atoms with Crippen LogP contribution in [0.25, 0.3) is 21.9 Å². The fourth-order valence-electron chi connectivity index (χ4n) is 3.67. The Labute approximate surface area is 139 Å². The zero-order chi connectivity index (χ0) is 16.7. The van der Waals surface area contributed by atoms with Gasteiger partial charge in [-0.1, -0.05) is 12.1 Å². The van der Waals surface area contributed by atoms with E-state index in [-0.39, 0.29) is 11.5 Å². The van der Waals surface area contributed by atoms with Crippen LogP contribution >= 0.6 is 0 Å². The van der Waals surface area contributed by atoms with Crippen molar-refractivity contribution in [2.75, 3.05) is 13.1 Å². The average Bonchev–Trinajstić information content (AvgIpc) is 3.02. The maximum Gasteiger partial charge on any atom is 0.345 e. The van der Waals surface area contributed by atoms with E-state index in [9.17, 15) is 9.59 Å². The zero-order valence-electron chi connectivity index (χ0n) is 13.7. The number of carbonyl (C=O) groups excluding carboxylic acids is 1. The molecule has 0 atom stereocenters. The monoisotopic (exact) mass is 324 g/mol. The Bertz CT molecular complexity index is 977. The molecule has 0 N–H and O–H groups in total. The number of nitrogens with zero attached hydrogens (tertiary/aromatic N) is 2.